The van der Waals surface area contributed by atoms with Crippen LogP contribution in [0.1, 0.15) is 31.1 Å². The average molecular weight is 434 g/mol. The van der Waals surface area contributed by atoms with Crippen LogP contribution < -0.4 is 5.32 Å². The molecule has 0 spiro atoms. The molecule has 9 nitrogen and oxygen atoms in total. The van der Waals surface area contributed by atoms with Crippen molar-refractivity contribution in [3.63, 3.8) is 0 Å². The number of rotatable bonds is 4. The number of aromatic nitrogens is 3. The first-order valence-electron chi connectivity index (χ1n) is 9.86. The minimum absolute atomic E-state index is 0.302. The van der Waals surface area contributed by atoms with E-state index in [1.165, 1.54) is 11.8 Å². The van der Waals surface area contributed by atoms with Crippen molar-refractivity contribution in [1.82, 2.24) is 14.8 Å². The van der Waals surface area contributed by atoms with Crippen molar-refractivity contribution in [3.8, 4) is 11.3 Å². The number of benzene rings is 2. The molecule has 0 saturated carbocycles. The predicted molar refractivity (Wildman–Crippen MR) is 118 cm³/mol. The molecule has 0 saturated heterocycles. The molecule has 0 amide bonds. The van der Waals surface area contributed by atoms with Gasteiger partial charge in [-0.2, -0.15) is 9.78 Å². The third-order valence-corrected chi connectivity index (χ3v) is 4.48. The van der Waals surface area contributed by atoms with Gasteiger partial charge in [0.05, 0.1) is 30.6 Å². The normalized spacial score (nSPS) is 11.4. The van der Waals surface area contributed by atoms with Gasteiger partial charge in [-0.15, -0.1) is 0 Å². The molecule has 2 heterocycles. The number of anilines is 2. The number of ether oxygens (including phenoxy) is 2. The van der Waals surface area contributed by atoms with Crippen molar-refractivity contribution in [1.29, 1.82) is 0 Å². The molecule has 0 unspecified atom stereocenters. The molecular weight excluding hydrogens is 412 g/mol. The smallest absolute Gasteiger partial charge is 0.435 e. The SMILES string of the molecule is COC(=O)c1ccc(-c2cnc(Nc3ccc4c(cnn4C(=O)OC(C)(C)C)c3)o2)cc1. The molecule has 0 aliphatic rings. The number of oxazole rings is 1. The number of carbonyl (C=O) groups is 2. The van der Waals surface area contributed by atoms with Crippen LogP contribution in [0.25, 0.3) is 22.2 Å². The number of methoxy groups -OCH3 is 1. The Hall–Kier alpha value is -4.14. The maximum absolute atomic E-state index is 12.3. The number of carbonyl (C=O) groups excluding carboxylic acids is 2. The van der Waals surface area contributed by atoms with Crippen LogP contribution in [0.15, 0.2) is 59.3 Å². The first kappa shape index (κ1) is 21.1. The lowest BCUT2D eigenvalue weighted by atomic mass is 10.1. The summed E-state index contributed by atoms with van der Waals surface area (Å²) < 4.78 is 17.1. The fraction of sp³-hybridized carbons (Fsp3) is 0.217. The second-order valence-corrected chi connectivity index (χ2v) is 8.03. The monoisotopic (exact) mass is 434 g/mol. The first-order valence-corrected chi connectivity index (χ1v) is 9.86. The Bertz CT molecular complexity index is 1280. The van der Waals surface area contributed by atoms with Crippen molar-refractivity contribution in [3.05, 3.63) is 60.4 Å². The molecule has 9 heteroatoms. The van der Waals surface area contributed by atoms with Crippen molar-refractivity contribution >= 4 is 34.7 Å². The van der Waals surface area contributed by atoms with Gasteiger partial charge in [-0.1, -0.05) is 12.1 Å². The average Bonchev–Trinajstić information content (AvgIpc) is 3.39. The first-order chi connectivity index (χ1) is 15.2. The molecule has 4 rings (SSSR count). The van der Waals surface area contributed by atoms with Gasteiger partial charge < -0.3 is 19.2 Å². The van der Waals surface area contributed by atoms with E-state index in [0.717, 1.165) is 16.6 Å². The molecule has 2 aromatic heterocycles. The van der Waals surface area contributed by atoms with Crippen LogP contribution in [-0.2, 0) is 9.47 Å². The zero-order valence-corrected chi connectivity index (χ0v) is 18.1. The molecule has 0 fully saturated rings. The number of hydrogen-bond donors (Lipinski definition) is 1. The minimum Gasteiger partial charge on any atom is -0.465 e. The van der Waals surface area contributed by atoms with Crippen molar-refractivity contribution < 1.29 is 23.5 Å². The minimum atomic E-state index is -0.612. The van der Waals surface area contributed by atoms with Gasteiger partial charge in [0.25, 0.3) is 6.01 Å². The number of hydrogen-bond acceptors (Lipinski definition) is 8. The van der Waals surface area contributed by atoms with Gasteiger partial charge in [-0.3, -0.25) is 0 Å². The Morgan fingerprint density at radius 1 is 1.06 bits per heavy atom. The summed E-state index contributed by atoms with van der Waals surface area (Å²) in [5.74, 6) is 0.143. The van der Waals surface area contributed by atoms with Crippen LogP contribution in [0.2, 0.25) is 0 Å². The lowest BCUT2D eigenvalue weighted by molar-refractivity contribution is 0.0521. The molecular formula is C23H22N4O5. The number of fused-ring (bicyclic) bond motifs is 1. The standard InChI is InChI=1S/C23H22N4O5/c1-23(2,3)32-22(29)27-18-10-9-17(11-16(18)12-25-27)26-21-24-13-19(31-21)14-5-7-15(8-6-14)20(28)30-4/h5-13H,1-4H3,(H,24,26). The summed E-state index contributed by atoms with van der Waals surface area (Å²) >= 11 is 0. The molecule has 2 aromatic carbocycles. The number of esters is 1. The van der Waals surface area contributed by atoms with E-state index in [0.29, 0.717) is 22.9 Å². The molecule has 0 atom stereocenters. The van der Waals surface area contributed by atoms with E-state index in [-0.39, 0.29) is 0 Å². The molecule has 32 heavy (non-hydrogen) atoms. The third-order valence-electron chi connectivity index (χ3n) is 4.48. The summed E-state index contributed by atoms with van der Waals surface area (Å²) in [6, 6.07) is 12.5. The van der Waals surface area contributed by atoms with E-state index < -0.39 is 17.7 Å². The van der Waals surface area contributed by atoms with Gasteiger partial charge in [-0.05, 0) is 51.1 Å². The van der Waals surface area contributed by atoms with Crippen molar-refractivity contribution in [2.75, 3.05) is 12.4 Å². The molecule has 4 aromatic rings. The number of nitrogens with one attached hydrogen (secondary N) is 1. The summed E-state index contributed by atoms with van der Waals surface area (Å²) in [7, 11) is 1.34. The summed E-state index contributed by atoms with van der Waals surface area (Å²) in [5.41, 5.74) is 1.96. The van der Waals surface area contributed by atoms with Crippen LogP contribution in [0, 0.1) is 0 Å². The highest BCUT2D eigenvalue weighted by molar-refractivity contribution is 5.90. The van der Waals surface area contributed by atoms with Gasteiger partial charge in [0, 0.05) is 16.6 Å². The lowest BCUT2D eigenvalue weighted by Crippen LogP contribution is -2.27. The Balaban J connectivity index is 1.50. The highest BCUT2D eigenvalue weighted by Gasteiger charge is 2.20. The van der Waals surface area contributed by atoms with E-state index in [2.05, 4.69) is 15.4 Å². The third kappa shape index (κ3) is 4.46. The molecule has 1 N–H and O–H groups in total. The molecule has 0 aliphatic carbocycles. The van der Waals surface area contributed by atoms with Crippen LogP contribution >= 0.6 is 0 Å². The second kappa shape index (κ2) is 8.18. The van der Waals surface area contributed by atoms with Crippen LogP contribution in [0.3, 0.4) is 0 Å². The zero-order chi connectivity index (χ0) is 22.9. The van der Waals surface area contributed by atoms with E-state index in [1.54, 1.807) is 69.6 Å². The van der Waals surface area contributed by atoms with E-state index in [9.17, 15) is 9.59 Å². The Morgan fingerprint density at radius 2 is 1.81 bits per heavy atom. The van der Waals surface area contributed by atoms with Crippen molar-refractivity contribution in [2.45, 2.75) is 26.4 Å². The highest BCUT2D eigenvalue weighted by Crippen LogP contribution is 2.27. The Labute approximate surface area is 184 Å². The Kier molecular flexibility index (Phi) is 5.40. The summed E-state index contributed by atoms with van der Waals surface area (Å²) in [6.45, 7) is 5.41. The van der Waals surface area contributed by atoms with Crippen LogP contribution in [0.5, 0.6) is 0 Å². The van der Waals surface area contributed by atoms with Crippen LogP contribution in [0.4, 0.5) is 16.5 Å². The fourth-order valence-electron chi connectivity index (χ4n) is 3.04. The van der Waals surface area contributed by atoms with Gasteiger partial charge in [-0.25, -0.2) is 14.6 Å². The number of nitrogens with zero attached hydrogens (tertiary/aromatic N) is 3. The van der Waals surface area contributed by atoms with Gasteiger partial charge >= 0.3 is 12.1 Å². The fourth-order valence-corrected chi connectivity index (χ4v) is 3.04. The quantitative estimate of drug-likeness (QED) is 0.447. The topological polar surface area (TPSA) is 108 Å². The van der Waals surface area contributed by atoms with Crippen molar-refractivity contribution in [2.24, 2.45) is 0 Å². The summed E-state index contributed by atoms with van der Waals surface area (Å²) in [6.07, 6.45) is 2.65. The zero-order valence-electron chi connectivity index (χ0n) is 18.1. The van der Waals surface area contributed by atoms with Crippen LogP contribution in [-0.4, -0.2) is 39.5 Å². The second-order valence-electron chi connectivity index (χ2n) is 8.03. The van der Waals surface area contributed by atoms with E-state index >= 15 is 0 Å². The molecule has 0 aliphatic heterocycles. The van der Waals surface area contributed by atoms with Gasteiger partial charge in [0.15, 0.2) is 5.76 Å². The molecule has 0 radical (unpaired) electrons. The maximum Gasteiger partial charge on any atom is 0.435 e. The largest absolute Gasteiger partial charge is 0.465 e. The molecule has 0 bridgehead atoms. The van der Waals surface area contributed by atoms with E-state index in [4.69, 9.17) is 13.9 Å². The van der Waals surface area contributed by atoms with Gasteiger partial charge in [0.2, 0.25) is 0 Å². The predicted octanol–water partition coefficient (Wildman–Crippen LogP) is 5.00. The summed E-state index contributed by atoms with van der Waals surface area (Å²) in [5, 5.41) is 7.99. The van der Waals surface area contributed by atoms with E-state index in [1.807, 2.05) is 6.07 Å². The lowest BCUT2D eigenvalue weighted by Gasteiger charge is -2.19. The molecule has 164 valence electrons. The van der Waals surface area contributed by atoms with Gasteiger partial charge in [0.1, 0.15) is 5.60 Å². The highest BCUT2D eigenvalue weighted by atomic mass is 16.6. The Morgan fingerprint density at radius 3 is 2.50 bits per heavy atom. The maximum atomic E-state index is 12.3. The summed E-state index contributed by atoms with van der Waals surface area (Å²) in [4.78, 5) is 28.1.